The van der Waals surface area contributed by atoms with E-state index in [0.29, 0.717) is 11.1 Å². The van der Waals surface area contributed by atoms with Crippen molar-refractivity contribution in [1.29, 1.82) is 0 Å². The Morgan fingerprint density at radius 3 is 2.46 bits per heavy atom. The van der Waals surface area contributed by atoms with E-state index in [1.165, 1.54) is 6.07 Å². The number of hydrazone groups is 1. The summed E-state index contributed by atoms with van der Waals surface area (Å²) >= 11 is 0. The number of fused-ring (bicyclic) bond motifs is 1. The predicted molar refractivity (Wildman–Crippen MR) is 112 cm³/mol. The molecule has 0 unspecified atom stereocenters. The molecule has 2 aromatic carbocycles. The molecule has 0 atom stereocenters. The second-order valence-electron chi connectivity index (χ2n) is 6.95. The number of nitrogens with zero attached hydrogens (tertiary/aromatic N) is 2. The van der Waals surface area contributed by atoms with Crippen molar-refractivity contribution in [3.8, 4) is 0 Å². The van der Waals surface area contributed by atoms with Crippen molar-refractivity contribution in [2.45, 2.75) is 20.3 Å². The zero-order valence-corrected chi connectivity index (χ0v) is 16.4. The van der Waals surface area contributed by atoms with Crippen molar-refractivity contribution in [2.24, 2.45) is 5.10 Å². The quantitative estimate of drug-likeness (QED) is 0.421. The van der Waals surface area contributed by atoms with Crippen molar-refractivity contribution in [3.63, 3.8) is 0 Å². The molecule has 0 saturated heterocycles. The summed E-state index contributed by atoms with van der Waals surface area (Å²) in [7, 11) is 3.95. The molecule has 1 N–H and O–H groups in total. The second-order valence-corrected chi connectivity index (χ2v) is 6.95. The first kappa shape index (κ1) is 19.4. The van der Waals surface area contributed by atoms with Crippen LogP contribution < -0.4 is 16.0 Å². The van der Waals surface area contributed by atoms with Crippen LogP contribution in [0.5, 0.6) is 0 Å². The monoisotopic (exact) mass is 377 g/mol. The SMILES string of the molecule is Cc1ccc(C)c2c(CC(=O)N/N=C/c3ccc(N(C)C)cc3)cc(=O)oc12. The van der Waals surface area contributed by atoms with E-state index >= 15 is 0 Å². The molecule has 0 aliphatic rings. The van der Waals surface area contributed by atoms with Gasteiger partial charge < -0.3 is 9.32 Å². The van der Waals surface area contributed by atoms with Crippen molar-refractivity contribution in [1.82, 2.24) is 5.43 Å². The summed E-state index contributed by atoms with van der Waals surface area (Å²) in [6.07, 6.45) is 1.63. The van der Waals surface area contributed by atoms with Gasteiger partial charge in [0.05, 0.1) is 12.6 Å². The minimum atomic E-state index is -0.464. The normalized spacial score (nSPS) is 11.1. The van der Waals surface area contributed by atoms with Crippen LogP contribution in [0.3, 0.4) is 0 Å². The van der Waals surface area contributed by atoms with E-state index in [-0.39, 0.29) is 12.3 Å². The molecular formula is C22H23N3O3. The molecule has 1 aromatic heterocycles. The topological polar surface area (TPSA) is 74.9 Å². The molecule has 1 heterocycles. The van der Waals surface area contributed by atoms with Crippen LogP contribution in [0.4, 0.5) is 5.69 Å². The maximum atomic E-state index is 12.3. The maximum absolute atomic E-state index is 12.3. The van der Waals surface area contributed by atoms with E-state index in [9.17, 15) is 9.59 Å². The van der Waals surface area contributed by atoms with E-state index in [2.05, 4.69) is 10.5 Å². The van der Waals surface area contributed by atoms with Crippen molar-refractivity contribution in [3.05, 3.63) is 75.1 Å². The molecule has 3 rings (SSSR count). The molecule has 144 valence electrons. The van der Waals surface area contributed by atoms with Crippen LogP contribution in [-0.2, 0) is 11.2 Å². The van der Waals surface area contributed by atoms with Crippen LogP contribution in [0.15, 0.2) is 56.8 Å². The molecule has 0 spiro atoms. The third kappa shape index (κ3) is 4.28. The molecule has 28 heavy (non-hydrogen) atoms. The van der Waals surface area contributed by atoms with Crippen LogP contribution in [0.2, 0.25) is 0 Å². The fourth-order valence-electron chi connectivity index (χ4n) is 3.05. The van der Waals surface area contributed by atoms with Gasteiger partial charge in [-0.15, -0.1) is 0 Å². The first-order valence-electron chi connectivity index (χ1n) is 8.97. The summed E-state index contributed by atoms with van der Waals surface area (Å²) in [5.41, 5.74) is 7.00. The highest BCUT2D eigenvalue weighted by Crippen LogP contribution is 2.24. The van der Waals surface area contributed by atoms with Gasteiger partial charge >= 0.3 is 5.63 Å². The number of benzene rings is 2. The van der Waals surface area contributed by atoms with Crippen molar-refractivity contribution < 1.29 is 9.21 Å². The number of hydrogen-bond acceptors (Lipinski definition) is 5. The second kappa shape index (κ2) is 8.08. The Labute approximate surface area is 163 Å². The first-order valence-corrected chi connectivity index (χ1v) is 8.97. The first-order chi connectivity index (χ1) is 13.3. The number of rotatable bonds is 5. The molecule has 0 aliphatic carbocycles. The van der Waals surface area contributed by atoms with Gasteiger partial charge in [0.15, 0.2) is 0 Å². The maximum Gasteiger partial charge on any atom is 0.336 e. The van der Waals surface area contributed by atoms with Gasteiger partial charge in [0.1, 0.15) is 5.58 Å². The predicted octanol–water partition coefficient (Wildman–Crippen LogP) is 3.17. The highest BCUT2D eigenvalue weighted by Gasteiger charge is 2.13. The van der Waals surface area contributed by atoms with Crippen molar-refractivity contribution >= 4 is 28.8 Å². The number of carbonyl (C=O) groups excluding carboxylic acids is 1. The minimum Gasteiger partial charge on any atom is -0.422 e. The molecular weight excluding hydrogens is 354 g/mol. The Morgan fingerprint density at radius 1 is 1.11 bits per heavy atom. The Bertz CT molecular complexity index is 1100. The molecule has 6 nitrogen and oxygen atoms in total. The van der Waals surface area contributed by atoms with Gasteiger partial charge in [-0.25, -0.2) is 10.2 Å². The molecule has 1 amide bonds. The average Bonchev–Trinajstić information content (AvgIpc) is 2.65. The van der Waals surface area contributed by atoms with E-state index in [4.69, 9.17) is 4.42 Å². The van der Waals surface area contributed by atoms with Crippen LogP contribution in [-0.4, -0.2) is 26.2 Å². The summed E-state index contributed by atoms with van der Waals surface area (Å²) in [4.78, 5) is 26.2. The lowest BCUT2D eigenvalue weighted by atomic mass is 10.00. The van der Waals surface area contributed by atoms with Crippen molar-refractivity contribution in [2.75, 3.05) is 19.0 Å². The molecule has 0 bridgehead atoms. The average molecular weight is 377 g/mol. The highest BCUT2D eigenvalue weighted by molar-refractivity contribution is 5.91. The fourth-order valence-corrected chi connectivity index (χ4v) is 3.05. The summed E-state index contributed by atoms with van der Waals surface area (Å²) in [5.74, 6) is -0.297. The van der Waals surface area contributed by atoms with Crippen LogP contribution in [0.25, 0.3) is 11.0 Å². The third-order valence-electron chi connectivity index (χ3n) is 4.54. The van der Waals surface area contributed by atoms with Gasteiger partial charge in [-0.05, 0) is 48.2 Å². The van der Waals surface area contributed by atoms with Gasteiger partial charge in [-0.3, -0.25) is 4.79 Å². The van der Waals surface area contributed by atoms with E-state index in [1.807, 2.05) is 69.2 Å². The molecule has 3 aromatic rings. The van der Waals surface area contributed by atoms with Crippen LogP contribution in [0.1, 0.15) is 22.3 Å². The number of aryl methyl sites for hydroxylation is 2. The summed E-state index contributed by atoms with van der Waals surface area (Å²) in [6.45, 7) is 3.80. The van der Waals surface area contributed by atoms with Gasteiger partial charge in [-0.2, -0.15) is 5.10 Å². The summed E-state index contributed by atoms with van der Waals surface area (Å²) < 4.78 is 5.34. The number of nitrogens with one attached hydrogen (secondary N) is 1. The molecule has 0 radical (unpaired) electrons. The number of amides is 1. The summed E-state index contributed by atoms with van der Waals surface area (Å²) in [5, 5.41) is 4.82. The van der Waals surface area contributed by atoms with E-state index < -0.39 is 5.63 Å². The van der Waals surface area contributed by atoms with Gasteiger partial charge in [0.2, 0.25) is 5.91 Å². The van der Waals surface area contributed by atoms with Crippen LogP contribution >= 0.6 is 0 Å². The lowest BCUT2D eigenvalue weighted by Crippen LogP contribution is -2.20. The minimum absolute atomic E-state index is 0.0449. The molecule has 0 fully saturated rings. The van der Waals surface area contributed by atoms with Gasteiger partial charge in [-0.1, -0.05) is 24.3 Å². The summed E-state index contributed by atoms with van der Waals surface area (Å²) in [6, 6.07) is 13.0. The van der Waals surface area contributed by atoms with E-state index in [1.54, 1.807) is 6.21 Å². The standard InChI is InChI=1S/C22H23N3O3/c1-14-5-6-15(2)22-21(14)17(12-20(27)28-22)11-19(26)24-23-13-16-7-9-18(10-8-16)25(3)4/h5-10,12-13H,11H2,1-4H3,(H,24,26)/b23-13+. The Kier molecular flexibility index (Phi) is 5.59. The lowest BCUT2D eigenvalue weighted by Gasteiger charge is -2.11. The smallest absolute Gasteiger partial charge is 0.336 e. The van der Waals surface area contributed by atoms with E-state index in [0.717, 1.165) is 27.8 Å². The lowest BCUT2D eigenvalue weighted by molar-refractivity contribution is -0.120. The molecule has 6 heteroatoms. The number of anilines is 1. The fraction of sp³-hybridized carbons (Fsp3) is 0.227. The Balaban J connectivity index is 1.75. The zero-order valence-electron chi connectivity index (χ0n) is 16.4. The number of hydrogen-bond donors (Lipinski definition) is 1. The third-order valence-corrected chi connectivity index (χ3v) is 4.54. The Morgan fingerprint density at radius 2 is 1.79 bits per heavy atom. The Hall–Kier alpha value is -3.41. The van der Waals surface area contributed by atoms with Crippen LogP contribution in [0, 0.1) is 13.8 Å². The molecule has 0 saturated carbocycles. The van der Waals surface area contributed by atoms with Gasteiger partial charge in [0.25, 0.3) is 0 Å². The van der Waals surface area contributed by atoms with Gasteiger partial charge in [0, 0.05) is 31.2 Å². The largest absolute Gasteiger partial charge is 0.422 e. The zero-order chi connectivity index (χ0) is 20.3. The molecule has 0 aliphatic heterocycles. The number of carbonyl (C=O) groups is 1. The highest BCUT2D eigenvalue weighted by atomic mass is 16.4.